The minimum Gasteiger partial charge on any atom is -0.489 e. The van der Waals surface area contributed by atoms with Gasteiger partial charge in [0, 0.05) is 6.07 Å². The fourth-order valence-electron chi connectivity index (χ4n) is 2.42. The number of ether oxygens (including phenoxy) is 2. The standard InChI is InChI=1S/C19H16O5/c1-3-9-23-13-6-7-14-17(11-13)24-16-8-5-12(19(21)22-4-2)10-15(16)18(14)20/h3,5-8,10-11H,1,4,9H2,2H3. The summed E-state index contributed by atoms with van der Waals surface area (Å²) < 4.78 is 16.2. The zero-order valence-electron chi connectivity index (χ0n) is 13.2. The van der Waals surface area contributed by atoms with Gasteiger partial charge in [0.1, 0.15) is 23.5 Å². The second-order valence-corrected chi connectivity index (χ2v) is 5.12. The SMILES string of the molecule is C=CCOc1ccc2c(=O)c3cc(C(=O)OCC)ccc3oc2c1. The van der Waals surface area contributed by atoms with Gasteiger partial charge in [0.2, 0.25) is 5.43 Å². The molecule has 0 radical (unpaired) electrons. The molecule has 5 nitrogen and oxygen atoms in total. The highest BCUT2D eigenvalue weighted by molar-refractivity contribution is 5.96. The van der Waals surface area contributed by atoms with Gasteiger partial charge >= 0.3 is 5.97 Å². The Morgan fingerprint density at radius 1 is 1.17 bits per heavy atom. The Balaban J connectivity index is 2.14. The molecule has 0 fully saturated rings. The Hall–Kier alpha value is -3.08. The predicted octanol–water partition coefficient (Wildman–Crippen LogP) is 3.69. The summed E-state index contributed by atoms with van der Waals surface area (Å²) in [7, 11) is 0. The molecule has 2 aromatic carbocycles. The van der Waals surface area contributed by atoms with Crippen LogP contribution >= 0.6 is 0 Å². The van der Waals surface area contributed by atoms with Gasteiger partial charge in [0.15, 0.2) is 0 Å². The van der Waals surface area contributed by atoms with Gasteiger partial charge in [-0.3, -0.25) is 4.79 Å². The van der Waals surface area contributed by atoms with Crippen molar-refractivity contribution in [1.82, 2.24) is 0 Å². The van der Waals surface area contributed by atoms with Gasteiger partial charge in [0.05, 0.1) is 22.9 Å². The van der Waals surface area contributed by atoms with E-state index in [0.29, 0.717) is 39.9 Å². The number of hydrogen-bond acceptors (Lipinski definition) is 5. The molecule has 0 bridgehead atoms. The molecule has 3 aromatic rings. The Labute approximate surface area is 138 Å². The van der Waals surface area contributed by atoms with Crippen LogP contribution in [0.3, 0.4) is 0 Å². The lowest BCUT2D eigenvalue weighted by molar-refractivity contribution is 0.0526. The van der Waals surface area contributed by atoms with Crippen LogP contribution in [0.4, 0.5) is 0 Å². The quantitative estimate of drug-likeness (QED) is 0.407. The molecule has 1 heterocycles. The highest BCUT2D eigenvalue weighted by Gasteiger charge is 2.13. The van der Waals surface area contributed by atoms with Crippen molar-refractivity contribution in [2.45, 2.75) is 6.92 Å². The number of hydrogen-bond donors (Lipinski definition) is 0. The van der Waals surface area contributed by atoms with Gasteiger partial charge in [-0.25, -0.2) is 4.79 Å². The number of carbonyl (C=O) groups is 1. The molecule has 0 unspecified atom stereocenters. The normalized spacial score (nSPS) is 10.7. The monoisotopic (exact) mass is 324 g/mol. The third-order valence-electron chi connectivity index (χ3n) is 3.52. The molecule has 0 spiro atoms. The lowest BCUT2D eigenvalue weighted by Gasteiger charge is -2.06. The first-order valence-electron chi connectivity index (χ1n) is 7.55. The van der Waals surface area contributed by atoms with Gasteiger partial charge in [-0.2, -0.15) is 0 Å². The van der Waals surface area contributed by atoms with Crippen molar-refractivity contribution in [2.75, 3.05) is 13.2 Å². The number of benzene rings is 2. The molecule has 0 atom stereocenters. The molecule has 0 aliphatic carbocycles. The third-order valence-corrected chi connectivity index (χ3v) is 3.52. The molecule has 0 saturated carbocycles. The van der Waals surface area contributed by atoms with Gasteiger partial charge in [-0.05, 0) is 37.3 Å². The van der Waals surface area contributed by atoms with Crippen molar-refractivity contribution in [1.29, 1.82) is 0 Å². The van der Waals surface area contributed by atoms with Crippen molar-refractivity contribution in [3.8, 4) is 5.75 Å². The van der Waals surface area contributed by atoms with Crippen LogP contribution in [0.25, 0.3) is 21.9 Å². The maximum Gasteiger partial charge on any atom is 0.338 e. The van der Waals surface area contributed by atoms with E-state index in [-0.39, 0.29) is 12.0 Å². The predicted molar refractivity (Wildman–Crippen MR) is 91.6 cm³/mol. The highest BCUT2D eigenvalue weighted by Crippen LogP contribution is 2.23. The molecule has 1 aromatic heterocycles. The lowest BCUT2D eigenvalue weighted by Crippen LogP contribution is -2.07. The molecule has 0 aliphatic rings. The van der Waals surface area contributed by atoms with Crippen LogP contribution in [0, 0.1) is 0 Å². The van der Waals surface area contributed by atoms with E-state index in [4.69, 9.17) is 13.9 Å². The minimum atomic E-state index is -0.466. The first-order valence-corrected chi connectivity index (χ1v) is 7.55. The molecule has 5 heteroatoms. The summed E-state index contributed by atoms with van der Waals surface area (Å²) in [6.07, 6.45) is 1.64. The minimum absolute atomic E-state index is 0.201. The summed E-state index contributed by atoms with van der Waals surface area (Å²) in [5, 5.41) is 0.766. The molecule has 24 heavy (non-hydrogen) atoms. The zero-order chi connectivity index (χ0) is 17.1. The molecule has 0 amide bonds. The van der Waals surface area contributed by atoms with E-state index in [0.717, 1.165) is 0 Å². The number of fused-ring (bicyclic) bond motifs is 2. The lowest BCUT2D eigenvalue weighted by atomic mass is 10.1. The average molecular weight is 324 g/mol. The van der Waals surface area contributed by atoms with E-state index >= 15 is 0 Å². The number of rotatable bonds is 5. The topological polar surface area (TPSA) is 65.7 Å². The van der Waals surface area contributed by atoms with Crippen LogP contribution in [0.1, 0.15) is 17.3 Å². The molecule has 0 saturated heterocycles. The molecule has 0 N–H and O–H groups in total. The Morgan fingerprint density at radius 2 is 2.00 bits per heavy atom. The maximum absolute atomic E-state index is 12.7. The maximum atomic E-state index is 12.7. The summed E-state index contributed by atoms with van der Waals surface area (Å²) in [6.45, 7) is 5.96. The van der Waals surface area contributed by atoms with Crippen LogP contribution in [0.5, 0.6) is 5.75 Å². The van der Waals surface area contributed by atoms with E-state index in [2.05, 4.69) is 6.58 Å². The largest absolute Gasteiger partial charge is 0.489 e. The summed E-state index contributed by atoms with van der Waals surface area (Å²) in [4.78, 5) is 24.5. The molecule has 122 valence electrons. The third kappa shape index (κ3) is 2.88. The second-order valence-electron chi connectivity index (χ2n) is 5.12. The second kappa shape index (κ2) is 6.58. The first kappa shape index (κ1) is 15.8. The summed E-state index contributed by atoms with van der Waals surface area (Å²) in [5.41, 5.74) is 0.953. The van der Waals surface area contributed by atoms with Crippen molar-refractivity contribution in [2.24, 2.45) is 0 Å². The smallest absolute Gasteiger partial charge is 0.338 e. The van der Waals surface area contributed by atoms with Crippen LogP contribution in [0.15, 0.2) is 58.3 Å². The van der Waals surface area contributed by atoms with Crippen molar-refractivity contribution < 1.29 is 18.7 Å². The van der Waals surface area contributed by atoms with E-state index in [1.54, 1.807) is 43.3 Å². The average Bonchev–Trinajstić information content (AvgIpc) is 2.60. The first-order chi connectivity index (χ1) is 11.6. The van der Waals surface area contributed by atoms with Gasteiger partial charge in [-0.15, -0.1) is 0 Å². The number of carbonyl (C=O) groups excluding carboxylic acids is 1. The fourth-order valence-corrected chi connectivity index (χ4v) is 2.42. The summed E-state index contributed by atoms with van der Waals surface area (Å²) >= 11 is 0. The van der Waals surface area contributed by atoms with Gasteiger partial charge in [-0.1, -0.05) is 12.7 Å². The van der Waals surface area contributed by atoms with E-state index < -0.39 is 5.97 Å². The van der Waals surface area contributed by atoms with Gasteiger partial charge < -0.3 is 13.9 Å². The molecule has 3 rings (SSSR count). The van der Waals surface area contributed by atoms with Crippen molar-refractivity contribution in [3.63, 3.8) is 0 Å². The van der Waals surface area contributed by atoms with Crippen LogP contribution in [-0.4, -0.2) is 19.2 Å². The fraction of sp³-hybridized carbons (Fsp3) is 0.158. The molecular weight excluding hydrogens is 308 g/mol. The molecular formula is C19H16O5. The van der Waals surface area contributed by atoms with Crippen LogP contribution in [0.2, 0.25) is 0 Å². The number of esters is 1. The Kier molecular flexibility index (Phi) is 4.33. The van der Waals surface area contributed by atoms with E-state index in [1.807, 2.05) is 0 Å². The summed E-state index contributed by atoms with van der Waals surface area (Å²) in [6, 6.07) is 9.69. The summed E-state index contributed by atoms with van der Waals surface area (Å²) in [5.74, 6) is 0.125. The zero-order valence-corrected chi connectivity index (χ0v) is 13.2. The van der Waals surface area contributed by atoms with E-state index in [9.17, 15) is 9.59 Å². The van der Waals surface area contributed by atoms with Crippen molar-refractivity contribution >= 4 is 27.9 Å². The van der Waals surface area contributed by atoms with Gasteiger partial charge in [0.25, 0.3) is 0 Å². The Bertz CT molecular complexity index is 984. The van der Waals surface area contributed by atoms with E-state index in [1.165, 1.54) is 6.07 Å². The van der Waals surface area contributed by atoms with Crippen molar-refractivity contribution in [3.05, 3.63) is 64.8 Å². The Morgan fingerprint density at radius 3 is 2.75 bits per heavy atom. The van der Waals surface area contributed by atoms with Crippen LogP contribution < -0.4 is 10.2 Å². The van der Waals surface area contributed by atoms with Crippen LogP contribution in [-0.2, 0) is 4.74 Å². The highest BCUT2D eigenvalue weighted by atomic mass is 16.5. The molecule has 0 aliphatic heterocycles.